The van der Waals surface area contributed by atoms with Crippen LogP contribution in [0.4, 0.5) is 5.82 Å². The van der Waals surface area contributed by atoms with Crippen molar-refractivity contribution in [3.8, 4) is 11.1 Å². The average molecular weight is 334 g/mol. The van der Waals surface area contributed by atoms with Crippen molar-refractivity contribution in [3.05, 3.63) is 47.8 Å². The number of hydrogen-bond acceptors (Lipinski definition) is 3. The number of nitrogens with zero attached hydrogens (tertiary/aromatic N) is 4. The van der Waals surface area contributed by atoms with Crippen molar-refractivity contribution < 1.29 is 0 Å². The molecule has 4 rings (SSSR count). The van der Waals surface area contributed by atoms with Gasteiger partial charge in [-0.3, -0.25) is 0 Å². The molecule has 0 saturated carbocycles. The van der Waals surface area contributed by atoms with Gasteiger partial charge in [-0.1, -0.05) is 44.2 Å². The van der Waals surface area contributed by atoms with Crippen LogP contribution in [0.1, 0.15) is 31.5 Å². The van der Waals surface area contributed by atoms with Crippen molar-refractivity contribution in [3.63, 3.8) is 0 Å². The SMILES string of the molecule is Cc1nc2c(-c3ccccc3)cnn2c(N2CC(C)CC(C)C2)c1C. The Morgan fingerprint density at radius 2 is 1.68 bits per heavy atom. The number of anilines is 1. The summed E-state index contributed by atoms with van der Waals surface area (Å²) in [5.41, 5.74) is 5.54. The van der Waals surface area contributed by atoms with Crippen LogP contribution < -0.4 is 4.90 Å². The molecule has 0 bridgehead atoms. The highest BCUT2D eigenvalue weighted by Gasteiger charge is 2.26. The zero-order valence-corrected chi connectivity index (χ0v) is 15.5. The summed E-state index contributed by atoms with van der Waals surface area (Å²) < 4.78 is 2.05. The molecule has 2 atom stereocenters. The Labute approximate surface area is 149 Å². The van der Waals surface area contributed by atoms with Gasteiger partial charge in [-0.15, -0.1) is 0 Å². The van der Waals surface area contributed by atoms with Gasteiger partial charge in [-0.25, -0.2) is 4.98 Å². The quantitative estimate of drug-likeness (QED) is 0.692. The Hall–Kier alpha value is -2.36. The number of hydrogen-bond donors (Lipinski definition) is 0. The van der Waals surface area contributed by atoms with E-state index < -0.39 is 0 Å². The van der Waals surface area contributed by atoms with Crippen LogP contribution in [0.15, 0.2) is 36.5 Å². The molecule has 0 N–H and O–H groups in total. The first-order valence-electron chi connectivity index (χ1n) is 9.20. The molecule has 0 radical (unpaired) electrons. The predicted octanol–water partition coefficient (Wildman–Crippen LogP) is 4.50. The Balaban J connectivity index is 1.90. The molecule has 130 valence electrons. The minimum atomic E-state index is 0.704. The molecule has 1 aliphatic heterocycles. The fraction of sp³-hybridized carbons (Fsp3) is 0.429. The average Bonchev–Trinajstić information content (AvgIpc) is 2.99. The van der Waals surface area contributed by atoms with Crippen molar-refractivity contribution >= 4 is 11.5 Å². The van der Waals surface area contributed by atoms with E-state index in [0.717, 1.165) is 30.0 Å². The van der Waals surface area contributed by atoms with Gasteiger partial charge in [0.15, 0.2) is 5.65 Å². The lowest BCUT2D eigenvalue weighted by atomic mass is 9.91. The number of rotatable bonds is 2. The zero-order chi connectivity index (χ0) is 17.6. The molecule has 2 unspecified atom stereocenters. The van der Waals surface area contributed by atoms with Gasteiger partial charge in [-0.05, 0) is 37.7 Å². The minimum Gasteiger partial charge on any atom is -0.356 e. The van der Waals surface area contributed by atoms with E-state index in [4.69, 9.17) is 10.1 Å². The molecule has 2 aromatic heterocycles. The maximum Gasteiger partial charge on any atom is 0.165 e. The molecule has 4 nitrogen and oxygen atoms in total. The van der Waals surface area contributed by atoms with Gasteiger partial charge in [0.2, 0.25) is 0 Å². The third-order valence-electron chi connectivity index (χ3n) is 5.35. The molecule has 0 aliphatic carbocycles. The third-order valence-corrected chi connectivity index (χ3v) is 5.35. The Morgan fingerprint density at radius 1 is 1.00 bits per heavy atom. The van der Waals surface area contributed by atoms with Crippen molar-refractivity contribution in [1.29, 1.82) is 0 Å². The van der Waals surface area contributed by atoms with E-state index in [-0.39, 0.29) is 0 Å². The molecule has 0 amide bonds. The van der Waals surface area contributed by atoms with E-state index >= 15 is 0 Å². The standard InChI is InChI=1S/C21H26N4/c1-14-10-15(2)13-24(12-14)21-16(3)17(4)23-20-19(11-22-25(20)21)18-8-6-5-7-9-18/h5-9,11,14-15H,10,12-13H2,1-4H3. The molecule has 1 saturated heterocycles. The van der Waals surface area contributed by atoms with Gasteiger partial charge in [0.05, 0.1) is 6.20 Å². The van der Waals surface area contributed by atoms with E-state index in [1.165, 1.54) is 23.4 Å². The largest absolute Gasteiger partial charge is 0.356 e. The topological polar surface area (TPSA) is 33.4 Å². The van der Waals surface area contributed by atoms with Crippen LogP contribution >= 0.6 is 0 Å². The van der Waals surface area contributed by atoms with Crippen molar-refractivity contribution in [2.75, 3.05) is 18.0 Å². The van der Waals surface area contributed by atoms with Crippen LogP contribution in [-0.2, 0) is 0 Å². The van der Waals surface area contributed by atoms with Gasteiger partial charge in [0.25, 0.3) is 0 Å². The minimum absolute atomic E-state index is 0.704. The van der Waals surface area contributed by atoms with Gasteiger partial charge < -0.3 is 4.90 Å². The summed E-state index contributed by atoms with van der Waals surface area (Å²) in [5, 5.41) is 4.73. The highest BCUT2D eigenvalue weighted by Crippen LogP contribution is 2.32. The first-order chi connectivity index (χ1) is 12.0. The lowest BCUT2D eigenvalue weighted by molar-refractivity contribution is 0.354. The Kier molecular flexibility index (Phi) is 3.98. The highest BCUT2D eigenvalue weighted by molar-refractivity contribution is 5.78. The van der Waals surface area contributed by atoms with Gasteiger partial charge in [0, 0.05) is 29.9 Å². The van der Waals surface area contributed by atoms with Crippen LogP contribution in [0, 0.1) is 25.7 Å². The molecular weight excluding hydrogens is 308 g/mol. The number of fused-ring (bicyclic) bond motifs is 1. The van der Waals surface area contributed by atoms with E-state index in [1.54, 1.807) is 0 Å². The molecule has 3 heterocycles. The van der Waals surface area contributed by atoms with Crippen LogP contribution in [0.25, 0.3) is 16.8 Å². The summed E-state index contributed by atoms with van der Waals surface area (Å²) >= 11 is 0. The second kappa shape index (κ2) is 6.17. The summed E-state index contributed by atoms with van der Waals surface area (Å²) in [5.74, 6) is 2.62. The normalized spacial score (nSPS) is 21.0. The fourth-order valence-corrected chi connectivity index (χ4v) is 4.20. The first-order valence-corrected chi connectivity index (χ1v) is 9.20. The summed E-state index contributed by atoms with van der Waals surface area (Å²) in [4.78, 5) is 7.39. The van der Waals surface area contributed by atoms with Crippen molar-refractivity contribution in [2.45, 2.75) is 34.1 Å². The monoisotopic (exact) mass is 334 g/mol. The van der Waals surface area contributed by atoms with E-state index in [9.17, 15) is 0 Å². The maximum atomic E-state index is 4.88. The summed E-state index contributed by atoms with van der Waals surface area (Å²) in [6.07, 6.45) is 3.26. The summed E-state index contributed by atoms with van der Waals surface area (Å²) in [6.45, 7) is 11.2. The molecule has 1 aliphatic rings. The van der Waals surface area contributed by atoms with Gasteiger partial charge in [0.1, 0.15) is 5.82 Å². The lowest BCUT2D eigenvalue weighted by Gasteiger charge is -2.37. The lowest BCUT2D eigenvalue weighted by Crippen LogP contribution is -2.40. The van der Waals surface area contributed by atoms with Gasteiger partial charge >= 0.3 is 0 Å². The smallest absolute Gasteiger partial charge is 0.165 e. The fourth-order valence-electron chi connectivity index (χ4n) is 4.20. The molecule has 0 spiro atoms. The second-order valence-corrected chi connectivity index (χ2v) is 7.66. The predicted molar refractivity (Wildman–Crippen MR) is 103 cm³/mol. The van der Waals surface area contributed by atoms with Crippen molar-refractivity contribution in [1.82, 2.24) is 14.6 Å². The Morgan fingerprint density at radius 3 is 2.36 bits per heavy atom. The molecule has 4 heteroatoms. The molecule has 25 heavy (non-hydrogen) atoms. The highest BCUT2D eigenvalue weighted by atomic mass is 15.4. The number of benzene rings is 1. The number of piperidine rings is 1. The van der Waals surface area contributed by atoms with Gasteiger partial charge in [-0.2, -0.15) is 9.61 Å². The van der Waals surface area contributed by atoms with E-state index in [0.29, 0.717) is 11.8 Å². The maximum absolute atomic E-state index is 4.88. The van der Waals surface area contributed by atoms with E-state index in [2.05, 4.69) is 61.4 Å². The van der Waals surface area contributed by atoms with Crippen LogP contribution in [-0.4, -0.2) is 27.7 Å². The Bertz CT molecular complexity index is 887. The van der Waals surface area contributed by atoms with E-state index in [1.807, 2.05) is 12.3 Å². The van der Waals surface area contributed by atoms with Crippen LogP contribution in [0.5, 0.6) is 0 Å². The van der Waals surface area contributed by atoms with Crippen LogP contribution in [0.2, 0.25) is 0 Å². The van der Waals surface area contributed by atoms with Crippen LogP contribution in [0.3, 0.4) is 0 Å². The van der Waals surface area contributed by atoms with Crippen molar-refractivity contribution in [2.24, 2.45) is 11.8 Å². The second-order valence-electron chi connectivity index (χ2n) is 7.66. The molecule has 3 aromatic rings. The summed E-state index contributed by atoms with van der Waals surface area (Å²) in [7, 11) is 0. The number of aromatic nitrogens is 3. The first kappa shape index (κ1) is 16.1. The third kappa shape index (κ3) is 2.80. The zero-order valence-electron chi connectivity index (χ0n) is 15.5. The molecule has 1 aromatic carbocycles. The molecular formula is C21H26N4. The summed E-state index contributed by atoms with van der Waals surface area (Å²) in [6, 6.07) is 10.4. The number of aryl methyl sites for hydroxylation is 1. The molecule has 1 fully saturated rings.